The minimum absolute atomic E-state index is 0.0364. The Balaban J connectivity index is 1.95. The fraction of sp³-hybridized carbons (Fsp3) is 0.143. The normalized spacial score (nSPS) is 10.1. The molecule has 0 spiro atoms. The van der Waals surface area contributed by atoms with Crippen LogP contribution in [0.1, 0.15) is 10.4 Å². The average Bonchev–Trinajstić information content (AvgIpc) is 2.94. The molecule has 0 atom stereocenters. The highest BCUT2D eigenvalue weighted by Crippen LogP contribution is 2.21. The lowest BCUT2D eigenvalue weighted by Crippen LogP contribution is -2.34. The Morgan fingerprint density at radius 2 is 2.05 bits per heavy atom. The first-order valence-electron chi connectivity index (χ1n) is 5.90. The first-order valence-corrected chi connectivity index (χ1v) is 6.69. The van der Waals surface area contributed by atoms with E-state index in [2.05, 4.69) is 21.2 Å². The lowest BCUT2D eigenvalue weighted by Gasteiger charge is -2.16. The average molecular weight is 337 g/mol. The van der Waals surface area contributed by atoms with Crippen molar-refractivity contribution in [2.75, 3.05) is 18.9 Å². The van der Waals surface area contributed by atoms with Gasteiger partial charge < -0.3 is 14.6 Å². The van der Waals surface area contributed by atoms with Crippen LogP contribution in [0.25, 0.3) is 0 Å². The summed E-state index contributed by atoms with van der Waals surface area (Å²) in [7, 11) is 1.56. The van der Waals surface area contributed by atoms with Gasteiger partial charge in [-0.3, -0.25) is 9.59 Å². The highest BCUT2D eigenvalue weighted by atomic mass is 79.9. The number of nitrogens with one attached hydrogen (secondary N) is 1. The largest absolute Gasteiger partial charge is 0.472 e. The standard InChI is InChI=1S/C14H13BrN2O3/c1-17(14(19)10-6-7-20-9-10)8-13(18)16-12-5-3-2-4-11(12)15/h2-7,9H,8H2,1H3,(H,16,18). The van der Waals surface area contributed by atoms with Crippen molar-refractivity contribution in [3.8, 4) is 0 Å². The molecule has 0 saturated heterocycles. The molecule has 1 heterocycles. The molecule has 104 valence electrons. The molecule has 5 nitrogen and oxygen atoms in total. The van der Waals surface area contributed by atoms with Crippen molar-refractivity contribution in [2.24, 2.45) is 0 Å². The number of carbonyl (C=O) groups excluding carboxylic acids is 2. The van der Waals surface area contributed by atoms with Crippen LogP contribution in [0.15, 0.2) is 51.7 Å². The number of anilines is 1. The predicted octanol–water partition coefficient (Wildman–Crippen LogP) is 2.75. The first kappa shape index (κ1) is 14.3. The second kappa shape index (κ2) is 6.38. The first-order chi connectivity index (χ1) is 9.58. The molecule has 0 saturated carbocycles. The maximum Gasteiger partial charge on any atom is 0.257 e. The SMILES string of the molecule is CN(CC(=O)Nc1ccccc1Br)C(=O)c1ccoc1. The molecule has 0 bridgehead atoms. The zero-order chi connectivity index (χ0) is 14.5. The quantitative estimate of drug-likeness (QED) is 0.933. The van der Waals surface area contributed by atoms with Gasteiger partial charge in [0.15, 0.2) is 0 Å². The fourth-order valence-electron chi connectivity index (χ4n) is 1.65. The van der Waals surface area contributed by atoms with Gasteiger partial charge in [-0.25, -0.2) is 0 Å². The third kappa shape index (κ3) is 3.48. The van der Waals surface area contributed by atoms with E-state index in [0.717, 1.165) is 4.47 Å². The van der Waals surface area contributed by atoms with E-state index in [9.17, 15) is 9.59 Å². The minimum Gasteiger partial charge on any atom is -0.472 e. The lowest BCUT2D eigenvalue weighted by molar-refractivity contribution is -0.116. The van der Waals surface area contributed by atoms with Gasteiger partial charge in [-0.1, -0.05) is 12.1 Å². The Kier molecular flexibility index (Phi) is 4.57. The van der Waals surface area contributed by atoms with E-state index < -0.39 is 0 Å². The summed E-state index contributed by atoms with van der Waals surface area (Å²) < 4.78 is 5.64. The topological polar surface area (TPSA) is 62.6 Å². The van der Waals surface area contributed by atoms with Crippen molar-refractivity contribution in [1.82, 2.24) is 4.90 Å². The van der Waals surface area contributed by atoms with E-state index in [-0.39, 0.29) is 18.4 Å². The number of likely N-dealkylation sites (N-methyl/N-ethyl adjacent to an activating group) is 1. The summed E-state index contributed by atoms with van der Waals surface area (Å²) in [6.45, 7) is -0.0364. The maximum absolute atomic E-state index is 11.9. The number of rotatable bonds is 4. The van der Waals surface area contributed by atoms with Gasteiger partial charge in [0.2, 0.25) is 5.91 Å². The highest BCUT2D eigenvalue weighted by molar-refractivity contribution is 9.10. The van der Waals surface area contributed by atoms with Crippen molar-refractivity contribution in [3.63, 3.8) is 0 Å². The molecule has 0 unspecified atom stereocenters. The second-order valence-corrected chi connectivity index (χ2v) is 5.06. The molecule has 1 aromatic carbocycles. The van der Waals surface area contributed by atoms with Crippen LogP contribution in [0, 0.1) is 0 Å². The number of hydrogen-bond donors (Lipinski definition) is 1. The Morgan fingerprint density at radius 1 is 1.30 bits per heavy atom. The Hall–Kier alpha value is -2.08. The van der Waals surface area contributed by atoms with Crippen LogP contribution in [0.3, 0.4) is 0 Å². The van der Waals surface area contributed by atoms with Gasteiger partial charge in [0, 0.05) is 11.5 Å². The number of benzene rings is 1. The summed E-state index contributed by atoms with van der Waals surface area (Å²) in [4.78, 5) is 25.2. The molecule has 0 aliphatic rings. The summed E-state index contributed by atoms with van der Waals surface area (Å²) in [5, 5.41) is 2.74. The third-order valence-corrected chi connectivity index (χ3v) is 3.34. The van der Waals surface area contributed by atoms with Crippen LogP contribution < -0.4 is 5.32 Å². The molecule has 1 N–H and O–H groups in total. The molecule has 6 heteroatoms. The zero-order valence-corrected chi connectivity index (χ0v) is 12.4. The van der Waals surface area contributed by atoms with Gasteiger partial charge in [-0.05, 0) is 34.1 Å². The van der Waals surface area contributed by atoms with Gasteiger partial charge in [0.1, 0.15) is 6.26 Å². The maximum atomic E-state index is 11.9. The van der Waals surface area contributed by atoms with Gasteiger partial charge >= 0.3 is 0 Å². The fourth-order valence-corrected chi connectivity index (χ4v) is 2.03. The summed E-state index contributed by atoms with van der Waals surface area (Å²) in [6.07, 6.45) is 2.77. The number of amides is 2. The van der Waals surface area contributed by atoms with Crippen LogP contribution >= 0.6 is 15.9 Å². The number of furan rings is 1. The molecule has 20 heavy (non-hydrogen) atoms. The lowest BCUT2D eigenvalue weighted by atomic mass is 10.3. The van der Waals surface area contributed by atoms with Crippen LogP contribution in [0.4, 0.5) is 5.69 Å². The number of nitrogens with zero attached hydrogens (tertiary/aromatic N) is 1. The summed E-state index contributed by atoms with van der Waals surface area (Å²) in [5.41, 5.74) is 1.09. The number of halogens is 1. The Labute approximate surface area is 124 Å². The molecular weight excluding hydrogens is 324 g/mol. The molecular formula is C14H13BrN2O3. The van der Waals surface area contributed by atoms with Crippen molar-refractivity contribution in [1.29, 1.82) is 0 Å². The van der Waals surface area contributed by atoms with Gasteiger partial charge in [0.25, 0.3) is 5.91 Å². The molecule has 0 aliphatic heterocycles. The predicted molar refractivity (Wildman–Crippen MR) is 78.4 cm³/mol. The third-order valence-electron chi connectivity index (χ3n) is 2.64. The van der Waals surface area contributed by atoms with E-state index in [1.165, 1.54) is 17.4 Å². The van der Waals surface area contributed by atoms with Crippen LogP contribution in [0.5, 0.6) is 0 Å². The van der Waals surface area contributed by atoms with Gasteiger partial charge in [-0.2, -0.15) is 0 Å². The van der Waals surface area contributed by atoms with Gasteiger partial charge in [-0.15, -0.1) is 0 Å². The number of para-hydroxylation sites is 1. The zero-order valence-electron chi connectivity index (χ0n) is 10.8. The van der Waals surface area contributed by atoms with Crippen LogP contribution in [-0.4, -0.2) is 30.3 Å². The Morgan fingerprint density at radius 3 is 2.70 bits per heavy atom. The molecule has 2 amide bonds. The van der Waals surface area contributed by atoms with Crippen molar-refractivity contribution < 1.29 is 14.0 Å². The van der Waals surface area contributed by atoms with Gasteiger partial charge in [0.05, 0.1) is 24.1 Å². The van der Waals surface area contributed by atoms with E-state index >= 15 is 0 Å². The van der Waals surface area contributed by atoms with Crippen LogP contribution in [0.2, 0.25) is 0 Å². The van der Waals surface area contributed by atoms with Crippen molar-refractivity contribution in [2.45, 2.75) is 0 Å². The van der Waals surface area contributed by atoms with Crippen LogP contribution in [-0.2, 0) is 4.79 Å². The molecule has 2 aromatic rings. The number of carbonyl (C=O) groups is 2. The molecule has 0 radical (unpaired) electrons. The summed E-state index contributed by atoms with van der Waals surface area (Å²) in [6, 6.07) is 8.84. The van der Waals surface area contributed by atoms with Crippen molar-refractivity contribution >= 4 is 33.4 Å². The Bertz CT molecular complexity index is 611. The number of hydrogen-bond acceptors (Lipinski definition) is 3. The summed E-state index contributed by atoms with van der Waals surface area (Å²) in [5.74, 6) is -0.530. The van der Waals surface area contributed by atoms with Crippen molar-refractivity contribution in [3.05, 3.63) is 52.9 Å². The minimum atomic E-state index is -0.267. The molecule has 2 rings (SSSR count). The van der Waals surface area contributed by atoms with E-state index in [1.807, 2.05) is 18.2 Å². The second-order valence-electron chi connectivity index (χ2n) is 4.20. The highest BCUT2D eigenvalue weighted by Gasteiger charge is 2.16. The monoisotopic (exact) mass is 336 g/mol. The molecule has 1 aromatic heterocycles. The van der Waals surface area contributed by atoms with E-state index in [1.54, 1.807) is 19.2 Å². The van der Waals surface area contributed by atoms with E-state index in [4.69, 9.17) is 4.42 Å². The smallest absolute Gasteiger partial charge is 0.257 e. The molecule has 0 aliphatic carbocycles. The summed E-state index contributed by atoms with van der Waals surface area (Å²) >= 11 is 3.34. The molecule has 0 fully saturated rings. The van der Waals surface area contributed by atoms with E-state index in [0.29, 0.717) is 11.3 Å².